The number of imidazole rings is 1. The minimum atomic E-state index is 0.202. The van der Waals surface area contributed by atoms with E-state index in [1.807, 2.05) is 0 Å². The summed E-state index contributed by atoms with van der Waals surface area (Å²) in [5.74, 6) is 1.44. The summed E-state index contributed by atoms with van der Waals surface area (Å²) in [5.41, 5.74) is 3.52. The third-order valence-corrected chi connectivity index (χ3v) is 6.01. The topological polar surface area (TPSA) is 91.8 Å². The number of fused-ring (bicyclic) bond motifs is 2. The van der Waals surface area contributed by atoms with E-state index in [9.17, 15) is 0 Å². The number of H-pyrrole nitrogens is 1. The fourth-order valence-electron chi connectivity index (χ4n) is 4.25. The zero-order chi connectivity index (χ0) is 21.2. The number of aryl methyl sites for hydroxylation is 1. The van der Waals surface area contributed by atoms with Crippen molar-refractivity contribution in [2.45, 2.75) is 39.3 Å². The van der Waals surface area contributed by atoms with Crippen LogP contribution in [-0.4, -0.2) is 55.6 Å². The fraction of sp³-hybridized carbons (Fsp3) is 0.391. The highest BCUT2D eigenvalue weighted by Gasteiger charge is 2.21. The van der Waals surface area contributed by atoms with Gasteiger partial charge in [-0.2, -0.15) is 0 Å². The van der Waals surface area contributed by atoms with Crippen molar-refractivity contribution in [2.75, 3.05) is 25.0 Å². The number of nitrogens with zero attached hydrogens (tertiary/aromatic N) is 5. The first-order chi connectivity index (χ1) is 15.2. The number of likely N-dealkylation sites (tertiary alicyclic amines) is 1. The molecule has 4 aromatic rings. The van der Waals surface area contributed by atoms with E-state index < -0.39 is 0 Å². The number of rotatable bonds is 6. The molecule has 4 heterocycles. The second-order valence-corrected chi connectivity index (χ2v) is 8.02. The minimum Gasteiger partial charge on any atom is -0.474 e. The lowest BCUT2D eigenvalue weighted by Gasteiger charge is -2.31. The number of hydrogen-bond acceptors (Lipinski definition) is 7. The van der Waals surface area contributed by atoms with Crippen LogP contribution in [0.1, 0.15) is 31.0 Å². The molecule has 3 aromatic heterocycles. The van der Waals surface area contributed by atoms with Crippen molar-refractivity contribution < 1.29 is 4.74 Å². The van der Waals surface area contributed by atoms with Crippen molar-refractivity contribution >= 4 is 27.8 Å². The molecule has 160 valence electrons. The lowest BCUT2D eigenvalue weighted by Crippen LogP contribution is -2.38. The van der Waals surface area contributed by atoms with E-state index in [-0.39, 0.29) is 6.10 Å². The summed E-state index contributed by atoms with van der Waals surface area (Å²) in [4.78, 5) is 23.2. The first-order valence-corrected chi connectivity index (χ1v) is 10.9. The molecule has 31 heavy (non-hydrogen) atoms. The number of pyridine rings is 1. The molecule has 0 radical (unpaired) electrons. The summed E-state index contributed by atoms with van der Waals surface area (Å²) in [6.45, 7) is 8.11. The molecule has 0 amide bonds. The number of aromatic nitrogens is 5. The quantitative estimate of drug-likeness (QED) is 0.494. The van der Waals surface area contributed by atoms with Gasteiger partial charge >= 0.3 is 0 Å². The smallest absolute Gasteiger partial charge is 0.222 e. The Bertz CT molecular complexity index is 1200. The molecule has 5 rings (SSSR count). The van der Waals surface area contributed by atoms with Crippen LogP contribution in [0.5, 0.6) is 5.88 Å². The molecule has 0 spiro atoms. The third kappa shape index (κ3) is 4.03. The molecule has 0 saturated carbocycles. The number of piperidine rings is 1. The summed E-state index contributed by atoms with van der Waals surface area (Å²) >= 11 is 0. The second kappa shape index (κ2) is 8.47. The molecule has 0 unspecified atom stereocenters. The molecule has 8 heteroatoms. The van der Waals surface area contributed by atoms with Gasteiger partial charge in [0.05, 0.1) is 18.6 Å². The number of ether oxygens (including phenoxy) is 1. The average Bonchev–Trinajstić information content (AvgIpc) is 3.28. The molecule has 8 nitrogen and oxygen atoms in total. The molecule has 1 aliphatic heterocycles. The summed E-state index contributed by atoms with van der Waals surface area (Å²) in [6, 6.07) is 8.44. The van der Waals surface area contributed by atoms with Gasteiger partial charge in [-0.1, -0.05) is 25.1 Å². The van der Waals surface area contributed by atoms with Crippen molar-refractivity contribution in [1.29, 1.82) is 0 Å². The van der Waals surface area contributed by atoms with Gasteiger partial charge in [0, 0.05) is 18.5 Å². The Kier molecular flexibility index (Phi) is 5.38. The molecule has 1 aromatic carbocycles. The van der Waals surface area contributed by atoms with E-state index >= 15 is 0 Å². The molecule has 0 bridgehead atoms. The largest absolute Gasteiger partial charge is 0.474 e. The Hall–Kier alpha value is -3.26. The minimum absolute atomic E-state index is 0.202. The zero-order valence-corrected chi connectivity index (χ0v) is 17.9. The Morgan fingerprint density at radius 1 is 1.19 bits per heavy atom. The van der Waals surface area contributed by atoms with Gasteiger partial charge in [0.1, 0.15) is 17.9 Å². The summed E-state index contributed by atoms with van der Waals surface area (Å²) in [6.07, 6.45) is 5.40. The van der Waals surface area contributed by atoms with Crippen LogP contribution >= 0.6 is 0 Å². The SMILES string of the molecule is CCN1CCC(Oc2nc(CNc3ncnc4nc[nH]c34)cc3cccc(C)c23)CC1. The lowest BCUT2D eigenvalue weighted by atomic mass is 10.1. The summed E-state index contributed by atoms with van der Waals surface area (Å²) in [7, 11) is 0. The molecular formula is C23H27N7O. The van der Waals surface area contributed by atoms with Gasteiger partial charge in [0.15, 0.2) is 11.5 Å². The molecule has 2 N–H and O–H groups in total. The Labute approximate surface area is 181 Å². The van der Waals surface area contributed by atoms with Crippen molar-refractivity contribution in [1.82, 2.24) is 29.8 Å². The van der Waals surface area contributed by atoms with Gasteiger partial charge in [-0.25, -0.2) is 19.9 Å². The van der Waals surface area contributed by atoms with E-state index in [1.54, 1.807) is 6.33 Å². The molecule has 0 aliphatic carbocycles. The van der Waals surface area contributed by atoms with E-state index in [4.69, 9.17) is 9.72 Å². The monoisotopic (exact) mass is 417 g/mol. The van der Waals surface area contributed by atoms with Crippen LogP contribution in [0, 0.1) is 6.92 Å². The number of aromatic amines is 1. The van der Waals surface area contributed by atoms with Gasteiger partial charge in [-0.3, -0.25) is 0 Å². The van der Waals surface area contributed by atoms with Crippen LogP contribution in [0.25, 0.3) is 21.9 Å². The molecule has 1 aliphatic rings. The molecule has 0 atom stereocenters. The van der Waals surface area contributed by atoms with Gasteiger partial charge in [0.2, 0.25) is 5.88 Å². The first kappa shape index (κ1) is 19.7. The van der Waals surface area contributed by atoms with Gasteiger partial charge < -0.3 is 19.9 Å². The molecule has 1 saturated heterocycles. The van der Waals surface area contributed by atoms with Gasteiger partial charge in [0.25, 0.3) is 0 Å². The Balaban J connectivity index is 1.42. The normalized spacial score (nSPS) is 15.5. The van der Waals surface area contributed by atoms with E-state index in [0.717, 1.165) is 60.3 Å². The van der Waals surface area contributed by atoms with Crippen LogP contribution in [0.2, 0.25) is 0 Å². The standard InChI is InChI=1S/C23H27N7O/c1-3-30-9-7-18(8-10-30)31-23-19-15(2)5-4-6-16(19)11-17(29-23)12-24-21-20-22(26-13-25-20)28-14-27-21/h4-6,11,13-14,18H,3,7-10,12H2,1-2H3,(H2,24,25,26,27,28). The van der Waals surface area contributed by atoms with Crippen molar-refractivity contribution in [3.63, 3.8) is 0 Å². The number of nitrogens with one attached hydrogen (secondary N) is 2. The van der Waals surface area contributed by atoms with E-state index in [2.05, 4.69) is 68.3 Å². The van der Waals surface area contributed by atoms with Gasteiger partial charge in [-0.15, -0.1) is 0 Å². The van der Waals surface area contributed by atoms with Crippen LogP contribution in [0.3, 0.4) is 0 Å². The van der Waals surface area contributed by atoms with Crippen LogP contribution in [0.4, 0.5) is 5.82 Å². The van der Waals surface area contributed by atoms with Crippen LogP contribution in [0.15, 0.2) is 36.9 Å². The third-order valence-electron chi connectivity index (χ3n) is 6.01. The zero-order valence-electron chi connectivity index (χ0n) is 17.9. The van der Waals surface area contributed by atoms with Crippen molar-refractivity contribution in [3.8, 4) is 5.88 Å². The lowest BCUT2D eigenvalue weighted by molar-refractivity contribution is 0.101. The number of anilines is 1. The Morgan fingerprint density at radius 3 is 2.90 bits per heavy atom. The fourth-order valence-corrected chi connectivity index (χ4v) is 4.25. The van der Waals surface area contributed by atoms with Crippen LogP contribution in [-0.2, 0) is 6.54 Å². The van der Waals surface area contributed by atoms with E-state index in [0.29, 0.717) is 18.0 Å². The number of hydrogen-bond donors (Lipinski definition) is 2. The predicted molar refractivity (Wildman–Crippen MR) is 121 cm³/mol. The molecule has 1 fully saturated rings. The van der Waals surface area contributed by atoms with Crippen LogP contribution < -0.4 is 10.1 Å². The Morgan fingerprint density at radius 2 is 2.06 bits per heavy atom. The molecular weight excluding hydrogens is 390 g/mol. The maximum atomic E-state index is 6.49. The predicted octanol–water partition coefficient (Wildman–Crippen LogP) is 3.68. The van der Waals surface area contributed by atoms with Gasteiger partial charge in [-0.05, 0) is 43.3 Å². The highest BCUT2D eigenvalue weighted by Crippen LogP contribution is 2.30. The van der Waals surface area contributed by atoms with Crippen molar-refractivity contribution in [3.05, 3.63) is 48.2 Å². The highest BCUT2D eigenvalue weighted by molar-refractivity contribution is 5.90. The van der Waals surface area contributed by atoms with E-state index in [1.165, 1.54) is 11.9 Å². The highest BCUT2D eigenvalue weighted by atomic mass is 16.5. The first-order valence-electron chi connectivity index (χ1n) is 10.9. The maximum Gasteiger partial charge on any atom is 0.222 e. The summed E-state index contributed by atoms with van der Waals surface area (Å²) < 4.78 is 6.49. The van der Waals surface area contributed by atoms with Crippen molar-refractivity contribution in [2.24, 2.45) is 0 Å². The average molecular weight is 418 g/mol. The number of benzene rings is 1. The summed E-state index contributed by atoms with van der Waals surface area (Å²) in [5, 5.41) is 5.61. The maximum absolute atomic E-state index is 6.49. The second-order valence-electron chi connectivity index (χ2n) is 8.02.